The Morgan fingerprint density at radius 3 is 2.76 bits per heavy atom. The Morgan fingerprint density at radius 2 is 2.08 bits per heavy atom. The summed E-state index contributed by atoms with van der Waals surface area (Å²) in [6.45, 7) is 3.91. The Morgan fingerprint density at radius 1 is 1.36 bits per heavy atom. The maximum absolute atomic E-state index is 12.4. The predicted octanol–water partition coefficient (Wildman–Crippen LogP) is 3.53. The molecule has 134 valence electrons. The van der Waals surface area contributed by atoms with Gasteiger partial charge in [-0.3, -0.25) is 9.59 Å². The highest BCUT2D eigenvalue weighted by molar-refractivity contribution is 7.14. The predicted molar refractivity (Wildman–Crippen MR) is 102 cm³/mol. The summed E-state index contributed by atoms with van der Waals surface area (Å²) < 4.78 is 0. The molecule has 0 aliphatic carbocycles. The summed E-state index contributed by atoms with van der Waals surface area (Å²) in [5.74, 6) is -0.488. The van der Waals surface area contributed by atoms with E-state index in [9.17, 15) is 9.59 Å². The number of aromatic nitrogens is 1. The molecule has 2 N–H and O–H groups in total. The number of hydrogen-bond donors (Lipinski definition) is 2. The molecule has 0 radical (unpaired) electrons. The zero-order valence-electron chi connectivity index (χ0n) is 14.4. The van der Waals surface area contributed by atoms with E-state index in [0.29, 0.717) is 15.8 Å². The molecule has 0 aliphatic rings. The number of benzene rings is 1. The van der Waals surface area contributed by atoms with E-state index >= 15 is 0 Å². The van der Waals surface area contributed by atoms with Crippen molar-refractivity contribution in [3.8, 4) is 0 Å². The monoisotopic (exact) mass is 380 g/mol. The molecule has 1 aromatic carbocycles. The second-order valence-corrected chi connectivity index (χ2v) is 6.95. The maximum Gasteiger partial charge on any atom is 0.273 e. The van der Waals surface area contributed by atoms with Crippen LogP contribution in [0.15, 0.2) is 29.6 Å². The number of anilines is 2. The number of amides is 2. The van der Waals surface area contributed by atoms with Gasteiger partial charge in [-0.15, -0.1) is 11.3 Å². The van der Waals surface area contributed by atoms with Crippen molar-refractivity contribution in [2.24, 2.45) is 0 Å². The number of rotatable bonds is 7. The average Bonchev–Trinajstić information content (AvgIpc) is 3.04. The van der Waals surface area contributed by atoms with Gasteiger partial charge >= 0.3 is 0 Å². The van der Waals surface area contributed by atoms with Gasteiger partial charge in [0.05, 0.1) is 17.3 Å². The van der Waals surface area contributed by atoms with E-state index in [4.69, 9.17) is 11.6 Å². The molecule has 6 nitrogen and oxygen atoms in total. The van der Waals surface area contributed by atoms with E-state index in [2.05, 4.69) is 15.6 Å². The van der Waals surface area contributed by atoms with Crippen LogP contribution in [0, 0.1) is 0 Å². The van der Waals surface area contributed by atoms with Crippen LogP contribution in [0.4, 0.5) is 10.8 Å². The largest absolute Gasteiger partial charge is 0.352 e. The first kappa shape index (κ1) is 19.2. The molecule has 2 rings (SSSR count). The van der Waals surface area contributed by atoms with Crippen LogP contribution in [0.2, 0.25) is 5.02 Å². The molecule has 25 heavy (non-hydrogen) atoms. The van der Waals surface area contributed by atoms with Crippen LogP contribution in [-0.2, 0) is 4.79 Å². The fraction of sp³-hybridized carbons (Fsp3) is 0.353. The molecule has 0 aliphatic heterocycles. The van der Waals surface area contributed by atoms with Gasteiger partial charge in [-0.25, -0.2) is 4.98 Å². The van der Waals surface area contributed by atoms with E-state index in [0.717, 1.165) is 12.1 Å². The topological polar surface area (TPSA) is 74.3 Å². The Hall–Kier alpha value is -2.12. The molecule has 0 spiro atoms. The van der Waals surface area contributed by atoms with E-state index in [-0.39, 0.29) is 24.4 Å². The standard InChI is InChI=1S/C17H21ClN4O2S/c1-4-11(2)19-15(23)9-22(3)16(24)14-10-25-17(21-14)20-13-8-6-5-7-12(13)18/h5-8,10-11H,4,9H2,1-3H3,(H,19,23)(H,20,21). The smallest absolute Gasteiger partial charge is 0.273 e. The number of carbonyl (C=O) groups is 2. The Balaban J connectivity index is 1.97. The third-order valence-electron chi connectivity index (χ3n) is 3.59. The molecule has 8 heteroatoms. The number of likely N-dealkylation sites (N-methyl/N-ethyl adjacent to an activating group) is 1. The minimum absolute atomic E-state index is 0.00598. The highest BCUT2D eigenvalue weighted by atomic mass is 35.5. The normalized spacial score (nSPS) is 11.7. The van der Waals surface area contributed by atoms with Crippen LogP contribution in [-0.4, -0.2) is 41.3 Å². The first-order valence-electron chi connectivity index (χ1n) is 7.92. The molecule has 0 bridgehead atoms. The van der Waals surface area contributed by atoms with Gasteiger partial charge in [0, 0.05) is 18.5 Å². The number of nitrogens with one attached hydrogen (secondary N) is 2. The van der Waals surface area contributed by atoms with Crippen LogP contribution in [0.25, 0.3) is 0 Å². The van der Waals surface area contributed by atoms with Crippen molar-refractivity contribution in [2.75, 3.05) is 18.9 Å². The van der Waals surface area contributed by atoms with Crippen molar-refractivity contribution in [1.82, 2.24) is 15.2 Å². The molecule has 1 atom stereocenters. The number of halogens is 1. The van der Waals surface area contributed by atoms with E-state index in [1.165, 1.54) is 16.2 Å². The first-order valence-corrected chi connectivity index (χ1v) is 9.18. The lowest BCUT2D eigenvalue weighted by atomic mass is 10.2. The SMILES string of the molecule is CCC(C)NC(=O)CN(C)C(=O)c1csc(Nc2ccccc2Cl)n1. The number of thiazole rings is 1. The first-order chi connectivity index (χ1) is 11.9. The van der Waals surface area contributed by atoms with Gasteiger partial charge in [0.1, 0.15) is 5.69 Å². The van der Waals surface area contributed by atoms with Crippen LogP contribution in [0.1, 0.15) is 30.8 Å². The minimum atomic E-state index is -0.303. The highest BCUT2D eigenvalue weighted by Gasteiger charge is 2.18. The van der Waals surface area contributed by atoms with Crippen molar-refractivity contribution in [2.45, 2.75) is 26.3 Å². The summed E-state index contributed by atoms with van der Waals surface area (Å²) in [5, 5.41) is 8.71. The molecule has 1 aromatic heterocycles. The summed E-state index contributed by atoms with van der Waals surface area (Å²) in [7, 11) is 1.58. The molecule has 1 heterocycles. The van der Waals surface area contributed by atoms with Crippen LogP contribution in [0.3, 0.4) is 0 Å². The minimum Gasteiger partial charge on any atom is -0.352 e. The van der Waals surface area contributed by atoms with Crippen molar-refractivity contribution < 1.29 is 9.59 Å². The van der Waals surface area contributed by atoms with Gasteiger partial charge in [-0.2, -0.15) is 0 Å². The number of hydrogen-bond acceptors (Lipinski definition) is 5. The summed E-state index contributed by atoms with van der Waals surface area (Å²) >= 11 is 7.40. The van der Waals surface area contributed by atoms with Gasteiger partial charge in [0.15, 0.2) is 5.13 Å². The van der Waals surface area contributed by atoms with Gasteiger partial charge in [-0.05, 0) is 25.5 Å². The highest BCUT2D eigenvalue weighted by Crippen LogP contribution is 2.26. The van der Waals surface area contributed by atoms with Gasteiger partial charge < -0.3 is 15.5 Å². The van der Waals surface area contributed by atoms with Crippen LogP contribution < -0.4 is 10.6 Å². The van der Waals surface area contributed by atoms with E-state index in [1.54, 1.807) is 18.5 Å². The summed E-state index contributed by atoms with van der Waals surface area (Å²) in [6.07, 6.45) is 0.840. The third-order valence-corrected chi connectivity index (χ3v) is 4.67. The fourth-order valence-electron chi connectivity index (χ4n) is 2.01. The second kappa shape index (κ2) is 8.82. The fourth-order valence-corrected chi connectivity index (χ4v) is 2.89. The summed E-state index contributed by atoms with van der Waals surface area (Å²) in [4.78, 5) is 29.9. The van der Waals surface area contributed by atoms with E-state index in [1.807, 2.05) is 32.0 Å². The molecule has 1 unspecified atom stereocenters. The molecule has 2 amide bonds. The van der Waals surface area contributed by atoms with Crippen LogP contribution >= 0.6 is 22.9 Å². The molecule has 2 aromatic rings. The van der Waals surface area contributed by atoms with Crippen molar-refractivity contribution in [3.63, 3.8) is 0 Å². The Labute approximate surface area is 156 Å². The van der Waals surface area contributed by atoms with E-state index < -0.39 is 0 Å². The summed E-state index contributed by atoms with van der Waals surface area (Å²) in [6, 6.07) is 7.38. The zero-order chi connectivity index (χ0) is 18.4. The summed E-state index contributed by atoms with van der Waals surface area (Å²) in [5.41, 5.74) is 1.01. The lowest BCUT2D eigenvalue weighted by Crippen LogP contribution is -2.41. The van der Waals surface area contributed by atoms with Gasteiger partial charge in [0.2, 0.25) is 5.91 Å². The molecule has 0 saturated carbocycles. The number of nitrogens with zero attached hydrogens (tertiary/aromatic N) is 2. The van der Waals surface area contributed by atoms with Crippen LogP contribution in [0.5, 0.6) is 0 Å². The van der Waals surface area contributed by atoms with Gasteiger partial charge in [0.25, 0.3) is 5.91 Å². The lowest BCUT2D eigenvalue weighted by molar-refractivity contribution is -0.122. The third kappa shape index (κ3) is 5.44. The van der Waals surface area contributed by atoms with Crippen molar-refractivity contribution in [3.05, 3.63) is 40.4 Å². The maximum atomic E-state index is 12.4. The molecule has 0 saturated heterocycles. The Kier molecular flexibility index (Phi) is 6.78. The van der Waals surface area contributed by atoms with Crippen molar-refractivity contribution >= 4 is 45.6 Å². The van der Waals surface area contributed by atoms with Crippen molar-refractivity contribution in [1.29, 1.82) is 0 Å². The quantitative estimate of drug-likeness (QED) is 0.770. The zero-order valence-corrected chi connectivity index (χ0v) is 15.9. The lowest BCUT2D eigenvalue weighted by Gasteiger charge is -2.17. The van der Waals surface area contributed by atoms with Gasteiger partial charge in [-0.1, -0.05) is 30.7 Å². The molecular formula is C17H21ClN4O2S. The number of para-hydroxylation sites is 1. The average molecular weight is 381 g/mol. The molecular weight excluding hydrogens is 360 g/mol. The molecule has 0 fully saturated rings. The Bertz CT molecular complexity index is 750. The number of carbonyl (C=O) groups excluding carboxylic acids is 2. The second-order valence-electron chi connectivity index (χ2n) is 5.68.